The maximum absolute atomic E-state index is 11.8. The van der Waals surface area contributed by atoms with E-state index in [0.717, 1.165) is 0 Å². The molecule has 1 rings (SSSR count). The van der Waals surface area contributed by atoms with Gasteiger partial charge in [0.15, 0.2) is 0 Å². The molecule has 0 atom stereocenters. The second kappa shape index (κ2) is 6.09. The lowest BCUT2D eigenvalue weighted by Crippen LogP contribution is -2.36. The Balaban J connectivity index is 2.70. The molecule has 1 amide bonds. The zero-order chi connectivity index (χ0) is 12.0. The number of imidazole rings is 1. The van der Waals surface area contributed by atoms with Gasteiger partial charge in [0.1, 0.15) is 5.69 Å². The third-order valence-electron chi connectivity index (χ3n) is 2.05. The highest BCUT2D eigenvalue weighted by molar-refractivity contribution is 5.92. The predicted molar refractivity (Wildman–Crippen MR) is 56.3 cm³/mol. The fraction of sp³-hybridized carbons (Fsp3) is 0.556. The van der Waals surface area contributed by atoms with Crippen LogP contribution in [-0.2, 0) is 4.74 Å². The second-order valence-electron chi connectivity index (χ2n) is 3.17. The first kappa shape index (κ1) is 12.5. The quantitative estimate of drug-likeness (QED) is 0.569. The minimum absolute atomic E-state index is 0.135. The molecule has 0 saturated heterocycles. The molecule has 7 nitrogen and oxygen atoms in total. The minimum Gasteiger partial charge on any atom is -0.395 e. The molecular formula is C9H15N3O4. The molecule has 7 heteroatoms. The molecule has 0 aliphatic heterocycles. The van der Waals surface area contributed by atoms with E-state index < -0.39 is 5.69 Å². The lowest BCUT2D eigenvalue weighted by atomic mass is 10.3. The van der Waals surface area contributed by atoms with E-state index in [1.54, 1.807) is 0 Å². The average molecular weight is 229 g/mol. The number of nitrogens with one attached hydrogen (secondary N) is 2. The largest absolute Gasteiger partial charge is 0.395 e. The van der Waals surface area contributed by atoms with Gasteiger partial charge in [-0.15, -0.1) is 0 Å². The van der Waals surface area contributed by atoms with E-state index in [1.807, 2.05) is 0 Å². The van der Waals surface area contributed by atoms with Gasteiger partial charge in [-0.25, -0.2) is 4.79 Å². The van der Waals surface area contributed by atoms with E-state index in [2.05, 4.69) is 9.97 Å². The Bertz CT molecular complexity index is 384. The van der Waals surface area contributed by atoms with Crippen LogP contribution in [0.15, 0.2) is 11.0 Å². The molecule has 0 unspecified atom stereocenters. The molecule has 0 aliphatic carbocycles. The average Bonchev–Trinajstić information content (AvgIpc) is 2.70. The summed E-state index contributed by atoms with van der Waals surface area (Å²) in [7, 11) is 1.53. The molecule has 90 valence electrons. The maximum atomic E-state index is 11.8. The first-order valence-corrected chi connectivity index (χ1v) is 4.85. The summed E-state index contributed by atoms with van der Waals surface area (Å²) in [4.78, 5) is 28.8. The van der Waals surface area contributed by atoms with Crippen LogP contribution < -0.4 is 5.69 Å². The number of amides is 1. The van der Waals surface area contributed by atoms with E-state index in [-0.39, 0.29) is 24.8 Å². The summed E-state index contributed by atoms with van der Waals surface area (Å²) >= 11 is 0. The summed E-state index contributed by atoms with van der Waals surface area (Å²) in [6, 6.07) is 0. The number of methoxy groups -OCH3 is 1. The van der Waals surface area contributed by atoms with Crippen LogP contribution in [0.3, 0.4) is 0 Å². The molecule has 16 heavy (non-hydrogen) atoms. The van der Waals surface area contributed by atoms with Crippen molar-refractivity contribution in [2.45, 2.75) is 0 Å². The van der Waals surface area contributed by atoms with Crippen molar-refractivity contribution in [2.24, 2.45) is 0 Å². The Hall–Kier alpha value is -1.60. The Morgan fingerprint density at radius 3 is 2.81 bits per heavy atom. The minimum atomic E-state index is -0.431. The van der Waals surface area contributed by atoms with E-state index in [4.69, 9.17) is 9.84 Å². The molecule has 0 bridgehead atoms. The first-order chi connectivity index (χ1) is 7.69. The van der Waals surface area contributed by atoms with Gasteiger partial charge in [0.2, 0.25) is 0 Å². The van der Waals surface area contributed by atoms with Crippen molar-refractivity contribution < 1.29 is 14.6 Å². The normalized spacial score (nSPS) is 10.4. The lowest BCUT2D eigenvalue weighted by Gasteiger charge is -2.20. The maximum Gasteiger partial charge on any atom is 0.323 e. The fourth-order valence-corrected chi connectivity index (χ4v) is 1.25. The number of hydrogen-bond acceptors (Lipinski definition) is 4. The van der Waals surface area contributed by atoms with Gasteiger partial charge in [-0.3, -0.25) is 4.79 Å². The number of nitrogens with zero attached hydrogens (tertiary/aromatic N) is 1. The molecule has 0 saturated carbocycles. The van der Waals surface area contributed by atoms with Gasteiger partial charge < -0.3 is 24.7 Å². The third kappa shape index (κ3) is 3.21. The Morgan fingerprint density at radius 2 is 2.31 bits per heavy atom. The molecule has 1 aromatic heterocycles. The molecule has 0 aromatic carbocycles. The van der Waals surface area contributed by atoms with Gasteiger partial charge in [0.05, 0.1) is 13.2 Å². The molecular weight excluding hydrogens is 214 g/mol. The van der Waals surface area contributed by atoms with Crippen LogP contribution in [0.1, 0.15) is 10.5 Å². The van der Waals surface area contributed by atoms with Gasteiger partial charge in [0.25, 0.3) is 5.91 Å². The topological polar surface area (TPSA) is 98.4 Å². The van der Waals surface area contributed by atoms with Crippen LogP contribution in [0.4, 0.5) is 0 Å². The van der Waals surface area contributed by atoms with Gasteiger partial charge in [-0.2, -0.15) is 0 Å². The van der Waals surface area contributed by atoms with E-state index in [1.165, 1.54) is 18.2 Å². The molecule has 1 heterocycles. The van der Waals surface area contributed by atoms with Crippen LogP contribution in [0.2, 0.25) is 0 Å². The number of aromatic nitrogens is 2. The molecule has 3 N–H and O–H groups in total. The molecule has 0 aliphatic rings. The summed E-state index contributed by atoms with van der Waals surface area (Å²) in [5, 5.41) is 8.82. The number of H-pyrrole nitrogens is 2. The van der Waals surface area contributed by atoms with Crippen LogP contribution in [0, 0.1) is 0 Å². The summed E-state index contributed by atoms with van der Waals surface area (Å²) in [6.07, 6.45) is 1.31. The summed E-state index contributed by atoms with van der Waals surface area (Å²) < 4.78 is 4.85. The summed E-state index contributed by atoms with van der Waals surface area (Å²) in [5.41, 5.74) is -0.256. The second-order valence-corrected chi connectivity index (χ2v) is 3.17. The van der Waals surface area contributed by atoms with Crippen molar-refractivity contribution >= 4 is 5.91 Å². The van der Waals surface area contributed by atoms with E-state index in [9.17, 15) is 9.59 Å². The van der Waals surface area contributed by atoms with Crippen molar-refractivity contribution in [3.63, 3.8) is 0 Å². The molecule has 0 fully saturated rings. The van der Waals surface area contributed by atoms with E-state index >= 15 is 0 Å². The van der Waals surface area contributed by atoms with Gasteiger partial charge in [-0.05, 0) is 0 Å². The highest BCUT2D eigenvalue weighted by Gasteiger charge is 2.16. The molecule has 0 spiro atoms. The zero-order valence-electron chi connectivity index (χ0n) is 9.02. The van der Waals surface area contributed by atoms with Crippen LogP contribution in [-0.4, -0.2) is 59.3 Å². The predicted octanol–water partition coefficient (Wildman–Crippen LogP) is -1.22. The first-order valence-electron chi connectivity index (χ1n) is 4.85. The van der Waals surface area contributed by atoms with Crippen molar-refractivity contribution in [1.29, 1.82) is 0 Å². The van der Waals surface area contributed by atoms with Gasteiger partial charge in [-0.1, -0.05) is 0 Å². The molecule has 1 aromatic rings. The number of carbonyl (C=O) groups excluding carboxylic acids is 1. The number of ether oxygens (including phenoxy) is 1. The van der Waals surface area contributed by atoms with E-state index in [0.29, 0.717) is 13.2 Å². The summed E-state index contributed by atoms with van der Waals surface area (Å²) in [6.45, 7) is 0.809. The Labute approximate surface area is 92.0 Å². The SMILES string of the molecule is COCCN(CCO)C(=O)c1c[nH]c(=O)[nH]1. The fourth-order valence-electron chi connectivity index (χ4n) is 1.25. The highest BCUT2D eigenvalue weighted by atomic mass is 16.5. The number of rotatable bonds is 6. The number of aromatic amines is 2. The Kier molecular flexibility index (Phi) is 4.74. The monoisotopic (exact) mass is 229 g/mol. The molecule has 0 radical (unpaired) electrons. The van der Waals surface area contributed by atoms with Gasteiger partial charge >= 0.3 is 5.69 Å². The third-order valence-corrected chi connectivity index (χ3v) is 2.05. The number of carbonyl (C=O) groups is 1. The number of hydrogen-bond donors (Lipinski definition) is 3. The number of aliphatic hydroxyl groups excluding tert-OH is 1. The highest BCUT2D eigenvalue weighted by Crippen LogP contribution is 1.98. The van der Waals surface area contributed by atoms with Gasteiger partial charge in [0, 0.05) is 26.4 Å². The van der Waals surface area contributed by atoms with Crippen molar-refractivity contribution in [3.8, 4) is 0 Å². The smallest absolute Gasteiger partial charge is 0.323 e. The number of aliphatic hydroxyl groups is 1. The van der Waals surface area contributed by atoms with Crippen molar-refractivity contribution in [3.05, 3.63) is 22.4 Å². The Morgan fingerprint density at radius 1 is 1.56 bits per heavy atom. The summed E-state index contributed by atoms with van der Waals surface area (Å²) in [5.74, 6) is -0.343. The van der Waals surface area contributed by atoms with Crippen LogP contribution >= 0.6 is 0 Å². The van der Waals surface area contributed by atoms with Crippen LogP contribution in [0.5, 0.6) is 0 Å². The standard InChI is InChI=1S/C9H15N3O4/c1-16-5-3-12(2-4-13)8(14)7-6-10-9(15)11-7/h6,13H,2-5H2,1H3,(H2,10,11,15). The van der Waals surface area contributed by atoms with Crippen molar-refractivity contribution in [1.82, 2.24) is 14.9 Å². The van der Waals surface area contributed by atoms with Crippen LogP contribution in [0.25, 0.3) is 0 Å². The van der Waals surface area contributed by atoms with Crippen molar-refractivity contribution in [2.75, 3.05) is 33.4 Å². The zero-order valence-corrected chi connectivity index (χ0v) is 9.02. The lowest BCUT2D eigenvalue weighted by molar-refractivity contribution is 0.0651.